The Morgan fingerprint density at radius 1 is 0.907 bits per heavy atom. The molecule has 0 spiro atoms. The number of hydrogen-bond acceptors (Lipinski definition) is 7. The van der Waals surface area contributed by atoms with Crippen molar-refractivity contribution in [2.24, 2.45) is 5.92 Å². The van der Waals surface area contributed by atoms with E-state index < -0.39 is 17.1 Å². The molecule has 2 aliphatic heterocycles. The molecule has 220 valence electrons. The van der Waals surface area contributed by atoms with Gasteiger partial charge in [0.15, 0.2) is 0 Å². The molecule has 0 radical (unpaired) electrons. The number of rotatable bonds is 6. The van der Waals surface area contributed by atoms with Crippen LogP contribution in [0.5, 0.6) is 5.75 Å². The molecule has 0 aliphatic carbocycles. The van der Waals surface area contributed by atoms with Crippen LogP contribution in [0.2, 0.25) is 0 Å². The van der Waals surface area contributed by atoms with Crippen LogP contribution in [0.15, 0.2) is 88.7 Å². The van der Waals surface area contributed by atoms with Crippen molar-refractivity contribution in [1.82, 2.24) is 4.57 Å². The molecule has 1 fully saturated rings. The zero-order valence-corrected chi connectivity index (χ0v) is 25.8. The number of aromatic nitrogens is 1. The van der Waals surface area contributed by atoms with E-state index in [0.717, 1.165) is 22.5 Å². The van der Waals surface area contributed by atoms with Crippen molar-refractivity contribution in [3.05, 3.63) is 105 Å². The Labute approximate surface area is 257 Å². The van der Waals surface area contributed by atoms with E-state index in [0.29, 0.717) is 27.0 Å². The van der Waals surface area contributed by atoms with E-state index in [1.807, 2.05) is 42.5 Å². The fourth-order valence-electron chi connectivity index (χ4n) is 5.66. The lowest BCUT2D eigenvalue weighted by Gasteiger charge is -2.31. The molecule has 0 saturated carbocycles. The number of benzene rings is 3. The topological polar surface area (TPSA) is 97.7 Å². The second kappa shape index (κ2) is 11.2. The van der Waals surface area contributed by atoms with E-state index in [2.05, 4.69) is 26.1 Å². The molecule has 2 aliphatic rings. The van der Waals surface area contributed by atoms with Gasteiger partial charge in [-0.1, -0.05) is 86.3 Å². The van der Waals surface area contributed by atoms with Crippen molar-refractivity contribution >= 4 is 52.2 Å². The number of anilines is 2. The highest BCUT2D eigenvalue weighted by Crippen LogP contribution is 2.54. The Kier molecular flexibility index (Phi) is 7.52. The third-order valence-electron chi connectivity index (χ3n) is 7.87. The number of imide groups is 1. The Bertz CT molecular complexity index is 1760. The number of para-hydroxylation sites is 1. The van der Waals surface area contributed by atoms with Gasteiger partial charge in [-0.25, -0.2) is 4.90 Å². The smallest absolute Gasteiger partial charge is 0.308 e. The molecule has 0 unspecified atom stereocenters. The van der Waals surface area contributed by atoms with Crippen LogP contribution < -0.4 is 19.8 Å². The van der Waals surface area contributed by atoms with Gasteiger partial charge < -0.3 is 10.1 Å². The maximum absolute atomic E-state index is 14.1. The molecule has 1 N–H and O–H groups in total. The monoisotopic (exact) mass is 613 g/mol. The number of nitrogens with one attached hydrogen (secondary N) is 1. The number of thiazole rings is 1. The summed E-state index contributed by atoms with van der Waals surface area (Å²) in [6, 6.07) is 23.9. The molecule has 1 aromatic heterocycles. The maximum atomic E-state index is 14.1. The lowest BCUT2D eigenvalue weighted by molar-refractivity contribution is -0.122. The molecule has 6 rings (SSSR count). The first-order valence-corrected chi connectivity index (χ1v) is 15.6. The standard InChI is InChI=1S/C33H31N3O5S2/c1-33(2,3)20-12-10-19(11-13-20)25-26-27(30(39)36(29(26)38)22-14-16-23(41-4)17-15-22)42-31-28(25)43-32(40)35(31)18-24(37)34-21-8-6-5-7-9-21/h5-17,25-27H,18H2,1-4H3,(H,34,37)/t25-,26-,27+/m0/s1. The lowest BCUT2D eigenvalue weighted by atomic mass is 9.81. The van der Waals surface area contributed by atoms with Gasteiger partial charge >= 0.3 is 4.87 Å². The summed E-state index contributed by atoms with van der Waals surface area (Å²) in [5.74, 6) is -1.62. The Morgan fingerprint density at radius 3 is 2.21 bits per heavy atom. The van der Waals surface area contributed by atoms with Crippen LogP contribution in [0.4, 0.5) is 11.4 Å². The number of amides is 3. The number of carbonyl (C=O) groups excluding carboxylic acids is 3. The number of methoxy groups -OCH3 is 1. The number of nitrogens with zero attached hydrogens (tertiary/aromatic N) is 2. The highest BCUT2D eigenvalue weighted by atomic mass is 32.2. The minimum atomic E-state index is -0.758. The molecule has 10 heteroatoms. The van der Waals surface area contributed by atoms with Crippen LogP contribution in [-0.2, 0) is 26.3 Å². The van der Waals surface area contributed by atoms with Crippen LogP contribution in [0.1, 0.15) is 42.7 Å². The van der Waals surface area contributed by atoms with E-state index in [-0.39, 0.29) is 34.6 Å². The molecule has 3 aromatic carbocycles. The molecule has 43 heavy (non-hydrogen) atoms. The molecule has 1 saturated heterocycles. The predicted octanol–water partition coefficient (Wildman–Crippen LogP) is 5.65. The van der Waals surface area contributed by atoms with Crippen molar-refractivity contribution in [2.75, 3.05) is 17.3 Å². The summed E-state index contributed by atoms with van der Waals surface area (Å²) in [6.45, 7) is 6.19. The highest BCUT2D eigenvalue weighted by Gasteiger charge is 2.56. The molecule has 3 atom stereocenters. The van der Waals surface area contributed by atoms with Gasteiger partial charge in [-0.3, -0.25) is 23.7 Å². The fourth-order valence-corrected chi connectivity index (χ4v) is 8.43. The number of carbonyl (C=O) groups is 3. The van der Waals surface area contributed by atoms with Gasteiger partial charge in [0.05, 0.1) is 23.7 Å². The van der Waals surface area contributed by atoms with Crippen LogP contribution in [0.3, 0.4) is 0 Å². The minimum Gasteiger partial charge on any atom is -0.497 e. The van der Waals surface area contributed by atoms with Crippen LogP contribution >= 0.6 is 23.1 Å². The zero-order valence-electron chi connectivity index (χ0n) is 24.2. The van der Waals surface area contributed by atoms with Gasteiger partial charge in [0, 0.05) is 16.5 Å². The van der Waals surface area contributed by atoms with Gasteiger partial charge in [-0.15, -0.1) is 0 Å². The van der Waals surface area contributed by atoms with Crippen LogP contribution in [0.25, 0.3) is 0 Å². The van der Waals surface area contributed by atoms with E-state index in [9.17, 15) is 19.2 Å². The average molecular weight is 614 g/mol. The van der Waals surface area contributed by atoms with Crippen molar-refractivity contribution in [2.45, 2.75) is 48.9 Å². The Balaban J connectivity index is 1.42. The summed E-state index contributed by atoms with van der Waals surface area (Å²) in [4.78, 5) is 56.1. The van der Waals surface area contributed by atoms with Gasteiger partial charge in [0.1, 0.15) is 17.5 Å². The van der Waals surface area contributed by atoms with Crippen LogP contribution in [-0.4, -0.2) is 34.6 Å². The summed E-state index contributed by atoms with van der Waals surface area (Å²) in [7, 11) is 1.56. The summed E-state index contributed by atoms with van der Waals surface area (Å²) >= 11 is 2.24. The van der Waals surface area contributed by atoms with Crippen molar-refractivity contribution in [1.29, 1.82) is 0 Å². The molecule has 4 aromatic rings. The van der Waals surface area contributed by atoms with Gasteiger partial charge in [-0.2, -0.15) is 0 Å². The molecule has 3 heterocycles. The first kappa shape index (κ1) is 28.9. The summed E-state index contributed by atoms with van der Waals surface area (Å²) in [6.07, 6.45) is 0. The molecule has 3 amide bonds. The second-order valence-corrected chi connectivity index (χ2v) is 13.8. The number of thioether (sulfide) groups is 1. The van der Waals surface area contributed by atoms with Crippen LogP contribution in [0, 0.1) is 5.92 Å². The first-order chi connectivity index (χ1) is 20.6. The third kappa shape index (κ3) is 5.29. The first-order valence-electron chi connectivity index (χ1n) is 13.9. The van der Waals surface area contributed by atoms with Crippen molar-refractivity contribution in [3.8, 4) is 5.75 Å². The SMILES string of the molecule is COc1ccc(N2C(=O)[C@H]3[C@H](c4ccc(C(C)(C)C)cc4)c4sc(=O)n(CC(=O)Nc5ccccc5)c4S[C@H]3C2=O)cc1. The minimum absolute atomic E-state index is 0.0702. The maximum Gasteiger partial charge on any atom is 0.308 e. The zero-order chi connectivity index (χ0) is 30.5. The predicted molar refractivity (Wildman–Crippen MR) is 169 cm³/mol. The summed E-state index contributed by atoms with van der Waals surface area (Å²) in [5, 5.41) is 2.63. The van der Waals surface area contributed by atoms with E-state index in [1.165, 1.54) is 21.2 Å². The molecule has 8 nitrogen and oxygen atoms in total. The van der Waals surface area contributed by atoms with E-state index >= 15 is 0 Å². The Hall–Kier alpha value is -4.15. The summed E-state index contributed by atoms with van der Waals surface area (Å²) < 4.78 is 6.69. The largest absolute Gasteiger partial charge is 0.497 e. The number of hydrogen-bond donors (Lipinski definition) is 1. The lowest BCUT2D eigenvalue weighted by Crippen LogP contribution is -2.33. The number of ether oxygens (including phenoxy) is 1. The molecular formula is C33H31N3O5S2. The Morgan fingerprint density at radius 2 is 1.58 bits per heavy atom. The third-order valence-corrected chi connectivity index (χ3v) is 10.5. The quantitative estimate of drug-likeness (QED) is 0.282. The normalized spacial score (nSPS) is 19.6. The number of fused-ring (bicyclic) bond motifs is 2. The molecule has 0 bridgehead atoms. The highest BCUT2D eigenvalue weighted by molar-refractivity contribution is 8.00. The fraction of sp³-hybridized carbons (Fsp3) is 0.273. The molecular weight excluding hydrogens is 583 g/mol. The van der Waals surface area contributed by atoms with Crippen molar-refractivity contribution < 1.29 is 19.1 Å². The second-order valence-electron chi connectivity index (χ2n) is 11.7. The van der Waals surface area contributed by atoms with E-state index in [1.54, 1.807) is 43.5 Å². The van der Waals surface area contributed by atoms with Crippen molar-refractivity contribution in [3.63, 3.8) is 0 Å². The van der Waals surface area contributed by atoms with Gasteiger partial charge in [0.25, 0.3) is 0 Å². The average Bonchev–Trinajstić information content (AvgIpc) is 3.43. The van der Waals surface area contributed by atoms with Gasteiger partial charge in [-0.05, 0) is 52.9 Å². The summed E-state index contributed by atoms with van der Waals surface area (Å²) in [5.41, 5.74) is 3.01. The van der Waals surface area contributed by atoms with Gasteiger partial charge in [0.2, 0.25) is 17.7 Å². The van der Waals surface area contributed by atoms with E-state index in [4.69, 9.17) is 4.74 Å².